The summed E-state index contributed by atoms with van der Waals surface area (Å²) in [7, 11) is 0. The minimum Gasteiger partial charge on any atom is -0.480 e. The fourth-order valence-corrected chi connectivity index (χ4v) is 1.29. The van der Waals surface area contributed by atoms with Crippen molar-refractivity contribution >= 4 is 11.9 Å². The molecule has 0 aromatic rings. The average molecular weight is 231 g/mol. The molecule has 0 heterocycles. The molecular weight excluding hydrogens is 210 g/mol. The zero-order chi connectivity index (χ0) is 12.4. The Bertz CT molecular complexity index is 218. The molecule has 0 saturated heterocycles. The number of carbonyl (C=O) groups is 2. The molecule has 0 unspecified atom stereocenters. The van der Waals surface area contributed by atoms with Crippen LogP contribution in [0.15, 0.2) is 0 Å². The highest BCUT2D eigenvalue weighted by atomic mass is 16.5. The largest absolute Gasteiger partial charge is 0.480 e. The summed E-state index contributed by atoms with van der Waals surface area (Å²) in [5.41, 5.74) is 0. The van der Waals surface area contributed by atoms with Gasteiger partial charge in [-0.1, -0.05) is 13.8 Å². The van der Waals surface area contributed by atoms with E-state index in [-0.39, 0.29) is 18.9 Å². The molecular formula is C11H21NO4. The van der Waals surface area contributed by atoms with Crippen molar-refractivity contribution in [2.45, 2.75) is 33.1 Å². The Morgan fingerprint density at radius 1 is 1.19 bits per heavy atom. The second kappa shape index (κ2) is 9.15. The minimum atomic E-state index is -0.976. The third-order valence-corrected chi connectivity index (χ3v) is 1.98. The quantitative estimate of drug-likeness (QED) is 0.604. The van der Waals surface area contributed by atoms with E-state index in [0.29, 0.717) is 19.8 Å². The van der Waals surface area contributed by atoms with E-state index in [9.17, 15) is 9.59 Å². The van der Waals surface area contributed by atoms with Crippen molar-refractivity contribution < 1.29 is 19.4 Å². The topological polar surface area (TPSA) is 66.8 Å². The molecule has 0 rings (SSSR count). The third kappa shape index (κ3) is 7.23. The smallest absolute Gasteiger partial charge is 0.323 e. The van der Waals surface area contributed by atoms with E-state index in [2.05, 4.69) is 0 Å². The third-order valence-electron chi connectivity index (χ3n) is 1.98. The number of carboxylic acids is 1. The molecule has 0 aromatic heterocycles. The summed E-state index contributed by atoms with van der Waals surface area (Å²) in [5.74, 6) is -1.13. The van der Waals surface area contributed by atoms with Gasteiger partial charge in [0, 0.05) is 13.2 Å². The molecule has 0 spiro atoms. The van der Waals surface area contributed by atoms with Crippen molar-refractivity contribution in [1.29, 1.82) is 0 Å². The monoisotopic (exact) mass is 231 g/mol. The van der Waals surface area contributed by atoms with Gasteiger partial charge in [0.1, 0.15) is 6.54 Å². The first-order chi connectivity index (χ1) is 7.61. The molecule has 0 bridgehead atoms. The lowest BCUT2D eigenvalue weighted by atomic mass is 10.3. The first-order valence-corrected chi connectivity index (χ1v) is 5.69. The van der Waals surface area contributed by atoms with E-state index in [0.717, 1.165) is 12.8 Å². The lowest BCUT2D eigenvalue weighted by Crippen LogP contribution is -2.36. The summed E-state index contributed by atoms with van der Waals surface area (Å²) in [6, 6.07) is 0. The van der Waals surface area contributed by atoms with Crippen molar-refractivity contribution in [3.05, 3.63) is 0 Å². The standard InChI is InChI=1S/C11H21NO4/c1-3-6-12(9-11(14)15)10(13)5-8-16-7-4-2/h3-9H2,1-2H3,(H,14,15). The summed E-state index contributed by atoms with van der Waals surface area (Å²) in [4.78, 5) is 23.5. The molecule has 0 radical (unpaired) electrons. The molecule has 0 aliphatic carbocycles. The van der Waals surface area contributed by atoms with Gasteiger partial charge in [-0.2, -0.15) is 0 Å². The Labute approximate surface area is 96.4 Å². The van der Waals surface area contributed by atoms with E-state index in [1.54, 1.807) is 0 Å². The molecule has 1 N–H and O–H groups in total. The van der Waals surface area contributed by atoms with Gasteiger partial charge in [0.15, 0.2) is 0 Å². The van der Waals surface area contributed by atoms with Gasteiger partial charge in [-0.05, 0) is 12.8 Å². The van der Waals surface area contributed by atoms with E-state index < -0.39 is 5.97 Å². The summed E-state index contributed by atoms with van der Waals surface area (Å²) >= 11 is 0. The number of amides is 1. The van der Waals surface area contributed by atoms with Crippen LogP contribution in [0.25, 0.3) is 0 Å². The number of nitrogens with zero attached hydrogens (tertiary/aromatic N) is 1. The number of hydrogen-bond acceptors (Lipinski definition) is 3. The lowest BCUT2D eigenvalue weighted by molar-refractivity contribution is -0.144. The van der Waals surface area contributed by atoms with Crippen LogP contribution in [0.5, 0.6) is 0 Å². The van der Waals surface area contributed by atoms with Gasteiger partial charge in [-0.15, -0.1) is 0 Å². The summed E-state index contributed by atoms with van der Waals surface area (Å²) < 4.78 is 5.19. The summed E-state index contributed by atoms with van der Waals surface area (Å²) in [5, 5.41) is 8.64. The van der Waals surface area contributed by atoms with Crippen LogP contribution in [0.1, 0.15) is 33.1 Å². The number of aliphatic carboxylic acids is 1. The summed E-state index contributed by atoms with van der Waals surface area (Å²) in [6.45, 7) is 5.18. The molecule has 0 saturated carbocycles. The molecule has 5 nitrogen and oxygen atoms in total. The summed E-state index contributed by atoms with van der Waals surface area (Å²) in [6.07, 6.45) is 1.93. The van der Waals surface area contributed by atoms with Crippen LogP contribution >= 0.6 is 0 Å². The zero-order valence-corrected chi connectivity index (χ0v) is 10.1. The van der Waals surface area contributed by atoms with E-state index in [1.807, 2.05) is 13.8 Å². The van der Waals surface area contributed by atoms with Crippen LogP contribution in [0, 0.1) is 0 Å². The molecule has 94 valence electrons. The number of carbonyl (C=O) groups excluding carboxylic acids is 1. The predicted molar refractivity (Wildman–Crippen MR) is 60.2 cm³/mol. The Morgan fingerprint density at radius 2 is 1.88 bits per heavy atom. The number of ether oxygens (including phenoxy) is 1. The maximum atomic E-state index is 11.6. The fourth-order valence-electron chi connectivity index (χ4n) is 1.29. The highest BCUT2D eigenvalue weighted by molar-refractivity contribution is 5.81. The molecule has 0 atom stereocenters. The maximum absolute atomic E-state index is 11.6. The van der Waals surface area contributed by atoms with Crippen molar-refractivity contribution in [2.24, 2.45) is 0 Å². The molecule has 0 fully saturated rings. The van der Waals surface area contributed by atoms with Gasteiger partial charge >= 0.3 is 5.97 Å². The van der Waals surface area contributed by atoms with Crippen LogP contribution < -0.4 is 0 Å². The van der Waals surface area contributed by atoms with E-state index >= 15 is 0 Å². The van der Waals surface area contributed by atoms with Gasteiger partial charge in [-0.25, -0.2) is 0 Å². The average Bonchev–Trinajstić information content (AvgIpc) is 2.23. The Balaban J connectivity index is 3.91. The SMILES string of the molecule is CCCOCCC(=O)N(CCC)CC(=O)O. The fraction of sp³-hybridized carbons (Fsp3) is 0.818. The van der Waals surface area contributed by atoms with Gasteiger partial charge in [0.2, 0.25) is 5.91 Å². The normalized spacial score (nSPS) is 10.1. The van der Waals surface area contributed by atoms with Gasteiger partial charge in [-0.3, -0.25) is 9.59 Å². The van der Waals surface area contributed by atoms with E-state index in [1.165, 1.54) is 4.90 Å². The Kier molecular flexibility index (Phi) is 8.52. The highest BCUT2D eigenvalue weighted by Crippen LogP contribution is 1.97. The minimum absolute atomic E-state index is 0.152. The first-order valence-electron chi connectivity index (χ1n) is 5.69. The van der Waals surface area contributed by atoms with Crippen molar-refractivity contribution in [3.63, 3.8) is 0 Å². The molecule has 16 heavy (non-hydrogen) atoms. The van der Waals surface area contributed by atoms with Crippen molar-refractivity contribution in [3.8, 4) is 0 Å². The predicted octanol–water partition coefficient (Wildman–Crippen LogP) is 1.13. The zero-order valence-electron chi connectivity index (χ0n) is 10.1. The lowest BCUT2D eigenvalue weighted by Gasteiger charge is -2.19. The number of carboxylic acid groups (broad SMARTS) is 1. The van der Waals surface area contributed by atoms with Gasteiger partial charge < -0.3 is 14.7 Å². The Hall–Kier alpha value is -1.10. The van der Waals surface area contributed by atoms with Crippen LogP contribution in [-0.4, -0.2) is 48.2 Å². The van der Waals surface area contributed by atoms with Crippen LogP contribution in [0.3, 0.4) is 0 Å². The number of rotatable bonds is 9. The molecule has 0 aliphatic heterocycles. The van der Waals surface area contributed by atoms with Crippen molar-refractivity contribution in [2.75, 3.05) is 26.3 Å². The Morgan fingerprint density at radius 3 is 2.38 bits per heavy atom. The first kappa shape index (κ1) is 14.9. The van der Waals surface area contributed by atoms with Crippen LogP contribution in [0.2, 0.25) is 0 Å². The van der Waals surface area contributed by atoms with Gasteiger partial charge in [0.05, 0.1) is 13.0 Å². The second-order valence-corrected chi connectivity index (χ2v) is 3.57. The molecule has 0 aliphatic rings. The second-order valence-electron chi connectivity index (χ2n) is 3.57. The van der Waals surface area contributed by atoms with Gasteiger partial charge in [0.25, 0.3) is 0 Å². The van der Waals surface area contributed by atoms with Crippen molar-refractivity contribution in [1.82, 2.24) is 4.90 Å². The van der Waals surface area contributed by atoms with E-state index in [4.69, 9.17) is 9.84 Å². The van der Waals surface area contributed by atoms with Crippen LogP contribution in [0.4, 0.5) is 0 Å². The molecule has 1 amide bonds. The molecule has 0 aromatic carbocycles. The van der Waals surface area contributed by atoms with Crippen LogP contribution in [-0.2, 0) is 14.3 Å². The highest BCUT2D eigenvalue weighted by Gasteiger charge is 2.15. The molecule has 5 heteroatoms. The maximum Gasteiger partial charge on any atom is 0.323 e. The number of hydrogen-bond donors (Lipinski definition) is 1.